The van der Waals surface area contributed by atoms with E-state index < -0.39 is 11.7 Å². The molecule has 1 aliphatic rings. The number of hydrogen-bond donors (Lipinski definition) is 0. The van der Waals surface area contributed by atoms with Crippen LogP contribution in [0, 0.1) is 0 Å². The first-order chi connectivity index (χ1) is 7.47. The maximum Gasteiger partial charge on any atom is 0.282 e. The predicted octanol–water partition coefficient (Wildman–Crippen LogP) is 1.80. The van der Waals surface area contributed by atoms with Crippen molar-refractivity contribution >= 4 is 5.91 Å². The highest BCUT2D eigenvalue weighted by Gasteiger charge is 2.31. The monoisotopic (exact) mass is 228 g/mol. The molecule has 0 aromatic carbocycles. The van der Waals surface area contributed by atoms with Gasteiger partial charge in [-0.25, -0.2) is 4.39 Å². The van der Waals surface area contributed by atoms with Gasteiger partial charge in [0.15, 0.2) is 5.83 Å². The smallest absolute Gasteiger partial charge is 0.282 e. The maximum atomic E-state index is 12.8. The summed E-state index contributed by atoms with van der Waals surface area (Å²) >= 11 is 0. The van der Waals surface area contributed by atoms with E-state index >= 15 is 0 Å². The van der Waals surface area contributed by atoms with Gasteiger partial charge in [-0.15, -0.1) is 0 Å². The molecular weight excluding hydrogens is 207 g/mol. The Morgan fingerprint density at radius 3 is 2.56 bits per heavy atom. The number of rotatable bonds is 3. The van der Waals surface area contributed by atoms with E-state index in [0.717, 1.165) is 19.5 Å². The van der Waals surface area contributed by atoms with Crippen LogP contribution in [0.1, 0.15) is 27.2 Å². The number of halogens is 1. The number of hydrogen-bond acceptors (Lipinski definition) is 2. The normalized spacial score (nSPS) is 22.6. The largest absolute Gasteiger partial charge is 0.331 e. The molecule has 1 unspecified atom stereocenters. The summed E-state index contributed by atoms with van der Waals surface area (Å²) in [5.41, 5.74) is 0. The average molecular weight is 228 g/mol. The summed E-state index contributed by atoms with van der Waals surface area (Å²) in [6.45, 7) is 11.6. The molecule has 0 aliphatic carbocycles. The quantitative estimate of drug-likeness (QED) is 0.688. The van der Waals surface area contributed by atoms with Gasteiger partial charge in [0.05, 0.1) is 0 Å². The summed E-state index contributed by atoms with van der Waals surface area (Å²) in [6.07, 6.45) is 0.849. The SMILES string of the molecule is C=C(F)C(=O)N1CCN(C(C)C)CC1CC. The van der Waals surface area contributed by atoms with Crippen LogP contribution in [0.25, 0.3) is 0 Å². The minimum Gasteiger partial charge on any atom is -0.331 e. The predicted molar refractivity (Wildman–Crippen MR) is 62.7 cm³/mol. The van der Waals surface area contributed by atoms with E-state index in [1.54, 1.807) is 4.90 Å². The zero-order chi connectivity index (χ0) is 12.3. The molecule has 1 saturated heterocycles. The van der Waals surface area contributed by atoms with Gasteiger partial charge in [0.1, 0.15) is 0 Å². The van der Waals surface area contributed by atoms with Crippen molar-refractivity contribution in [3.8, 4) is 0 Å². The lowest BCUT2D eigenvalue weighted by molar-refractivity contribution is -0.134. The van der Waals surface area contributed by atoms with Gasteiger partial charge in [0, 0.05) is 31.7 Å². The molecule has 1 rings (SSSR count). The molecule has 0 N–H and O–H groups in total. The van der Waals surface area contributed by atoms with E-state index in [1.165, 1.54) is 0 Å². The van der Waals surface area contributed by atoms with Crippen LogP contribution in [-0.2, 0) is 4.79 Å². The third-order valence-electron chi connectivity index (χ3n) is 3.21. The zero-order valence-corrected chi connectivity index (χ0v) is 10.4. The van der Waals surface area contributed by atoms with Crippen molar-refractivity contribution in [2.45, 2.75) is 39.3 Å². The Labute approximate surface area is 96.9 Å². The lowest BCUT2D eigenvalue weighted by atomic mass is 10.1. The molecule has 4 heteroatoms. The van der Waals surface area contributed by atoms with Crippen LogP contribution >= 0.6 is 0 Å². The van der Waals surface area contributed by atoms with Crippen molar-refractivity contribution in [3.63, 3.8) is 0 Å². The van der Waals surface area contributed by atoms with Crippen LogP contribution in [0.3, 0.4) is 0 Å². The van der Waals surface area contributed by atoms with Gasteiger partial charge in [-0.2, -0.15) is 0 Å². The number of nitrogens with zero attached hydrogens (tertiary/aromatic N) is 2. The topological polar surface area (TPSA) is 23.6 Å². The second kappa shape index (κ2) is 5.43. The summed E-state index contributed by atoms with van der Waals surface area (Å²) in [6, 6.07) is 0.580. The first-order valence-electron chi connectivity index (χ1n) is 5.86. The molecule has 0 saturated carbocycles. The lowest BCUT2D eigenvalue weighted by Gasteiger charge is -2.42. The van der Waals surface area contributed by atoms with Crippen molar-refractivity contribution in [1.29, 1.82) is 0 Å². The Hall–Kier alpha value is -0.900. The molecule has 92 valence electrons. The molecule has 1 fully saturated rings. The second-order valence-electron chi connectivity index (χ2n) is 4.55. The third kappa shape index (κ3) is 2.82. The van der Waals surface area contributed by atoms with Crippen molar-refractivity contribution < 1.29 is 9.18 Å². The lowest BCUT2D eigenvalue weighted by Crippen LogP contribution is -2.56. The molecule has 0 aromatic heterocycles. The summed E-state index contributed by atoms with van der Waals surface area (Å²) in [5.74, 6) is -1.40. The van der Waals surface area contributed by atoms with Gasteiger partial charge in [-0.1, -0.05) is 13.5 Å². The van der Waals surface area contributed by atoms with Gasteiger partial charge < -0.3 is 4.90 Å². The van der Waals surface area contributed by atoms with Crippen molar-refractivity contribution in [1.82, 2.24) is 9.80 Å². The second-order valence-corrected chi connectivity index (χ2v) is 4.55. The molecular formula is C12H21FN2O. The maximum absolute atomic E-state index is 12.8. The number of piperazine rings is 1. The number of amides is 1. The fourth-order valence-electron chi connectivity index (χ4n) is 2.12. The summed E-state index contributed by atoms with van der Waals surface area (Å²) in [7, 11) is 0. The summed E-state index contributed by atoms with van der Waals surface area (Å²) < 4.78 is 12.8. The molecule has 0 aromatic rings. The average Bonchev–Trinajstić information content (AvgIpc) is 2.26. The fourth-order valence-corrected chi connectivity index (χ4v) is 2.12. The van der Waals surface area contributed by atoms with Gasteiger partial charge in [0.25, 0.3) is 5.91 Å². The molecule has 1 atom stereocenters. The molecule has 0 radical (unpaired) electrons. The van der Waals surface area contributed by atoms with Gasteiger partial charge >= 0.3 is 0 Å². The first-order valence-corrected chi connectivity index (χ1v) is 5.86. The van der Waals surface area contributed by atoms with Crippen molar-refractivity contribution in [3.05, 3.63) is 12.4 Å². The number of carbonyl (C=O) groups is 1. The van der Waals surface area contributed by atoms with Crippen molar-refractivity contribution in [2.24, 2.45) is 0 Å². The third-order valence-corrected chi connectivity index (χ3v) is 3.21. The van der Waals surface area contributed by atoms with Crippen LogP contribution in [0.15, 0.2) is 12.4 Å². The van der Waals surface area contributed by atoms with Crippen molar-refractivity contribution in [2.75, 3.05) is 19.6 Å². The van der Waals surface area contributed by atoms with Crippen LogP contribution in [0.5, 0.6) is 0 Å². The van der Waals surface area contributed by atoms with Crippen LogP contribution in [0.4, 0.5) is 4.39 Å². The minimum atomic E-state index is -0.851. The standard InChI is InChI=1S/C12H21FN2O/c1-5-11-8-14(9(2)3)6-7-15(11)12(16)10(4)13/h9,11H,4-8H2,1-3H3. The summed E-state index contributed by atoms with van der Waals surface area (Å²) in [4.78, 5) is 15.5. The van der Waals surface area contributed by atoms with E-state index in [4.69, 9.17) is 0 Å². The summed E-state index contributed by atoms with van der Waals surface area (Å²) in [5, 5.41) is 0. The minimum absolute atomic E-state index is 0.108. The van der Waals surface area contributed by atoms with Crippen LogP contribution in [0.2, 0.25) is 0 Å². The Morgan fingerprint density at radius 1 is 1.50 bits per heavy atom. The Morgan fingerprint density at radius 2 is 2.12 bits per heavy atom. The van der Waals surface area contributed by atoms with Gasteiger partial charge in [0.2, 0.25) is 0 Å². The Kier molecular flexibility index (Phi) is 4.47. The Bertz CT molecular complexity index is 278. The first kappa shape index (κ1) is 13.2. The highest BCUT2D eigenvalue weighted by Crippen LogP contribution is 2.17. The van der Waals surface area contributed by atoms with E-state index in [1.807, 2.05) is 6.92 Å². The van der Waals surface area contributed by atoms with E-state index in [2.05, 4.69) is 25.3 Å². The highest BCUT2D eigenvalue weighted by atomic mass is 19.1. The van der Waals surface area contributed by atoms with Gasteiger partial charge in [-0.3, -0.25) is 9.69 Å². The number of carbonyl (C=O) groups excluding carboxylic acids is 1. The van der Waals surface area contributed by atoms with Crippen LogP contribution < -0.4 is 0 Å². The molecule has 16 heavy (non-hydrogen) atoms. The molecule has 0 bridgehead atoms. The molecule has 0 spiro atoms. The highest BCUT2D eigenvalue weighted by molar-refractivity contribution is 5.90. The van der Waals surface area contributed by atoms with E-state index in [9.17, 15) is 9.18 Å². The molecule has 3 nitrogen and oxygen atoms in total. The van der Waals surface area contributed by atoms with E-state index in [-0.39, 0.29) is 6.04 Å². The van der Waals surface area contributed by atoms with Crippen LogP contribution in [-0.4, -0.2) is 47.4 Å². The Balaban J connectivity index is 2.69. The molecule has 1 heterocycles. The molecule has 1 amide bonds. The van der Waals surface area contributed by atoms with E-state index in [0.29, 0.717) is 12.6 Å². The van der Waals surface area contributed by atoms with Gasteiger partial charge in [-0.05, 0) is 20.3 Å². The zero-order valence-electron chi connectivity index (χ0n) is 10.4. The molecule has 1 aliphatic heterocycles. The fraction of sp³-hybridized carbons (Fsp3) is 0.750.